The van der Waals surface area contributed by atoms with Crippen molar-refractivity contribution < 1.29 is 9.18 Å². The normalized spacial score (nSPS) is 23.1. The SMILES string of the molecule is CCCC1(C(=O)Nc2cccc(F)n2)CCCNC1. The van der Waals surface area contributed by atoms with E-state index in [0.29, 0.717) is 6.54 Å². The van der Waals surface area contributed by atoms with Gasteiger partial charge in [-0.15, -0.1) is 0 Å². The fourth-order valence-corrected chi connectivity index (χ4v) is 2.69. The molecule has 0 bridgehead atoms. The Morgan fingerprint density at radius 2 is 2.42 bits per heavy atom. The number of hydrogen-bond acceptors (Lipinski definition) is 3. The first-order valence-electron chi connectivity index (χ1n) is 6.81. The number of aromatic nitrogens is 1. The van der Waals surface area contributed by atoms with Gasteiger partial charge in [0.05, 0.1) is 5.41 Å². The number of nitrogens with zero attached hydrogens (tertiary/aromatic N) is 1. The van der Waals surface area contributed by atoms with Crippen LogP contribution in [0.1, 0.15) is 32.6 Å². The Morgan fingerprint density at radius 1 is 1.58 bits per heavy atom. The zero-order valence-corrected chi connectivity index (χ0v) is 11.2. The molecule has 1 aromatic rings. The van der Waals surface area contributed by atoms with Crippen molar-refractivity contribution >= 4 is 11.7 Å². The Hall–Kier alpha value is -1.49. The first-order valence-corrected chi connectivity index (χ1v) is 6.81. The van der Waals surface area contributed by atoms with Crippen LogP contribution in [0.3, 0.4) is 0 Å². The molecule has 0 radical (unpaired) electrons. The van der Waals surface area contributed by atoms with Crippen LogP contribution in [0.2, 0.25) is 0 Å². The topological polar surface area (TPSA) is 54.0 Å². The summed E-state index contributed by atoms with van der Waals surface area (Å²) < 4.78 is 13.0. The minimum Gasteiger partial charge on any atom is -0.316 e. The summed E-state index contributed by atoms with van der Waals surface area (Å²) in [6.45, 7) is 3.71. The van der Waals surface area contributed by atoms with Crippen LogP contribution in [-0.2, 0) is 4.79 Å². The lowest BCUT2D eigenvalue weighted by Crippen LogP contribution is -2.48. The highest BCUT2D eigenvalue weighted by atomic mass is 19.1. The molecule has 2 heterocycles. The third kappa shape index (κ3) is 3.29. The number of pyridine rings is 1. The van der Waals surface area contributed by atoms with Crippen molar-refractivity contribution in [1.29, 1.82) is 0 Å². The predicted octanol–water partition coefficient (Wildman–Crippen LogP) is 2.33. The molecule has 0 spiro atoms. The average molecular weight is 265 g/mol. The molecule has 2 rings (SSSR count). The van der Waals surface area contributed by atoms with Gasteiger partial charge in [0.1, 0.15) is 5.82 Å². The smallest absolute Gasteiger partial charge is 0.233 e. The van der Waals surface area contributed by atoms with Crippen molar-refractivity contribution in [2.45, 2.75) is 32.6 Å². The second kappa shape index (κ2) is 6.10. The number of piperidine rings is 1. The van der Waals surface area contributed by atoms with Crippen molar-refractivity contribution in [3.8, 4) is 0 Å². The standard InChI is InChI=1S/C14H20FN3O/c1-2-7-14(8-4-9-16-10-14)13(19)18-12-6-3-5-11(15)17-12/h3,5-6,16H,2,4,7-10H2,1H3,(H,17,18,19). The lowest BCUT2D eigenvalue weighted by atomic mass is 9.76. The lowest BCUT2D eigenvalue weighted by molar-refractivity contribution is -0.127. The number of halogens is 1. The molecule has 1 aliphatic rings. The molecular weight excluding hydrogens is 245 g/mol. The molecule has 0 aliphatic carbocycles. The third-order valence-corrected chi connectivity index (χ3v) is 3.64. The van der Waals surface area contributed by atoms with Crippen LogP contribution in [0.5, 0.6) is 0 Å². The molecule has 104 valence electrons. The minimum absolute atomic E-state index is 0.0559. The molecule has 4 nitrogen and oxygen atoms in total. The van der Waals surface area contributed by atoms with Crippen molar-refractivity contribution in [3.63, 3.8) is 0 Å². The molecule has 1 fully saturated rings. The summed E-state index contributed by atoms with van der Waals surface area (Å²) in [6, 6.07) is 4.42. The molecule has 1 atom stereocenters. The van der Waals surface area contributed by atoms with Gasteiger partial charge in [0.15, 0.2) is 0 Å². The summed E-state index contributed by atoms with van der Waals surface area (Å²) in [4.78, 5) is 16.2. The van der Waals surface area contributed by atoms with Gasteiger partial charge < -0.3 is 10.6 Å². The molecule has 1 amide bonds. The number of anilines is 1. The van der Waals surface area contributed by atoms with Crippen LogP contribution < -0.4 is 10.6 Å². The van der Waals surface area contributed by atoms with Crippen molar-refractivity contribution in [2.75, 3.05) is 18.4 Å². The van der Waals surface area contributed by atoms with Crippen LogP contribution in [0, 0.1) is 11.4 Å². The van der Waals surface area contributed by atoms with Crippen LogP contribution >= 0.6 is 0 Å². The summed E-state index contributed by atoms with van der Waals surface area (Å²) in [5, 5.41) is 6.03. The predicted molar refractivity (Wildman–Crippen MR) is 72.3 cm³/mol. The summed E-state index contributed by atoms with van der Waals surface area (Å²) in [5.74, 6) is -0.352. The molecule has 1 aliphatic heterocycles. The van der Waals surface area contributed by atoms with Crippen LogP contribution in [0.15, 0.2) is 18.2 Å². The van der Waals surface area contributed by atoms with Gasteiger partial charge in [0.2, 0.25) is 11.9 Å². The second-order valence-electron chi connectivity index (χ2n) is 5.11. The van der Waals surface area contributed by atoms with E-state index in [9.17, 15) is 9.18 Å². The largest absolute Gasteiger partial charge is 0.316 e. The molecule has 0 aromatic carbocycles. The quantitative estimate of drug-likeness (QED) is 0.822. The maximum Gasteiger partial charge on any atom is 0.233 e. The Bertz CT molecular complexity index is 439. The van der Waals surface area contributed by atoms with E-state index in [4.69, 9.17) is 0 Å². The molecule has 2 N–H and O–H groups in total. The monoisotopic (exact) mass is 265 g/mol. The third-order valence-electron chi connectivity index (χ3n) is 3.64. The zero-order valence-electron chi connectivity index (χ0n) is 11.2. The van der Waals surface area contributed by atoms with Gasteiger partial charge in [-0.3, -0.25) is 4.79 Å². The van der Waals surface area contributed by atoms with Gasteiger partial charge in [0, 0.05) is 6.54 Å². The van der Waals surface area contributed by atoms with Gasteiger partial charge >= 0.3 is 0 Å². The van der Waals surface area contributed by atoms with Crippen molar-refractivity contribution in [2.24, 2.45) is 5.41 Å². The van der Waals surface area contributed by atoms with Crippen LogP contribution in [0.25, 0.3) is 0 Å². The van der Waals surface area contributed by atoms with E-state index in [0.717, 1.165) is 32.2 Å². The molecule has 1 unspecified atom stereocenters. The highest BCUT2D eigenvalue weighted by molar-refractivity contribution is 5.94. The van der Waals surface area contributed by atoms with E-state index in [1.54, 1.807) is 12.1 Å². The van der Waals surface area contributed by atoms with Crippen molar-refractivity contribution in [1.82, 2.24) is 10.3 Å². The Balaban J connectivity index is 2.11. The zero-order chi connectivity index (χ0) is 13.7. The second-order valence-corrected chi connectivity index (χ2v) is 5.11. The molecule has 5 heteroatoms. The Kier molecular flexibility index (Phi) is 4.47. The molecule has 0 saturated carbocycles. The molecule has 1 saturated heterocycles. The minimum atomic E-state index is -0.580. The first kappa shape index (κ1) is 13.9. The fraction of sp³-hybridized carbons (Fsp3) is 0.571. The lowest BCUT2D eigenvalue weighted by Gasteiger charge is -2.36. The number of rotatable bonds is 4. The maximum atomic E-state index is 13.0. The van der Waals surface area contributed by atoms with Gasteiger partial charge in [-0.2, -0.15) is 4.39 Å². The van der Waals surface area contributed by atoms with Gasteiger partial charge in [-0.05, 0) is 37.9 Å². The van der Waals surface area contributed by atoms with E-state index in [2.05, 4.69) is 22.5 Å². The highest BCUT2D eigenvalue weighted by Crippen LogP contribution is 2.32. The number of nitrogens with one attached hydrogen (secondary N) is 2. The summed E-state index contributed by atoms with van der Waals surface area (Å²) in [6.07, 6.45) is 3.64. The number of carbonyl (C=O) groups is 1. The van der Waals surface area contributed by atoms with E-state index >= 15 is 0 Å². The Morgan fingerprint density at radius 3 is 3.05 bits per heavy atom. The van der Waals surface area contributed by atoms with Crippen LogP contribution in [-0.4, -0.2) is 24.0 Å². The fourth-order valence-electron chi connectivity index (χ4n) is 2.69. The summed E-state index contributed by atoms with van der Waals surface area (Å²) >= 11 is 0. The highest BCUT2D eigenvalue weighted by Gasteiger charge is 2.38. The first-order chi connectivity index (χ1) is 9.16. The van der Waals surface area contributed by atoms with E-state index in [1.165, 1.54) is 6.07 Å². The summed E-state index contributed by atoms with van der Waals surface area (Å²) in [7, 11) is 0. The molecule has 19 heavy (non-hydrogen) atoms. The number of carbonyl (C=O) groups excluding carboxylic acids is 1. The van der Waals surface area contributed by atoms with Gasteiger partial charge in [-0.1, -0.05) is 19.4 Å². The van der Waals surface area contributed by atoms with Crippen LogP contribution in [0.4, 0.5) is 10.2 Å². The Labute approximate surface area is 112 Å². The maximum absolute atomic E-state index is 13.0. The van der Waals surface area contributed by atoms with E-state index < -0.39 is 5.95 Å². The van der Waals surface area contributed by atoms with E-state index in [-0.39, 0.29) is 17.1 Å². The number of amides is 1. The molecular formula is C14H20FN3O. The number of hydrogen-bond donors (Lipinski definition) is 2. The van der Waals surface area contributed by atoms with Gasteiger partial charge in [0.25, 0.3) is 0 Å². The van der Waals surface area contributed by atoms with E-state index in [1.807, 2.05) is 0 Å². The van der Waals surface area contributed by atoms with Crippen molar-refractivity contribution in [3.05, 3.63) is 24.1 Å². The average Bonchev–Trinajstić information content (AvgIpc) is 2.40. The summed E-state index contributed by atoms with van der Waals surface area (Å²) in [5.41, 5.74) is -0.388. The molecule has 1 aromatic heterocycles. The van der Waals surface area contributed by atoms with Gasteiger partial charge in [-0.25, -0.2) is 4.98 Å².